The molecule has 0 bridgehead atoms. The van der Waals surface area contributed by atoms with Gasteiger partial charge in [0.1, 0.15) is 18.1 Å². The molecule has 2 amide bonds. The molecular weight excluding hydrogens is 330 g/mol. The number of nitrogens with one attached hydrogen (secondary N) is 2. The van der Waals surface area contributed by atoms with E-state index in [1.807, 2.05) is 24.3 Å². The number of hydrogen-bond acceptors (Lipinski definition) is 4. The quantitative estimate of drug-likeness (QED) is 0.815. The molecule has 0 aromatic heterocycles. The summed E-state index contributed by atoms with van der Waals surface area (Å²) in [5, 5.41) is 6.80. The van der Waals surface area contributed by atoms with Crippen LogP contribution in [-0.2, 0) is 0 Å². The van der Waals surface area contributed by atoms with Crippen molar-refractivity contribution in [2.75, 3.05) is 27.3 Å². The molecule has 2 rings (SSSR count). The highest BCUT2D eigenvalue weighted by molar-refractivity contribution is 5.74. The van der Waals surface area contributed by atoms with E-state index >= 15 is 0 Å². The van der Waals surface area contributed by atoms with E-state index in [1.165, 1.54) is 0 Å². The number of hydrogen-bond donors (Lipinski definition) is 2. The van der Waals surface area contributed by atoms with Crippen molar-refractivity contribution in [2.45, 2.75) is 57.7 Å². The van der Waals surface area contributed by atoms with Crippen LogP contribution in [0.3, 0.4) is 0 Å². The van der Waals surface area contributed by atoms with E-state index in [9.17, 15) is 4.79 Å². The maximum absolute atomic E-state index is 12.5. The lowest BCUT2D eigenvalue weighted by Crippen LogP contribution is -2.62. The minimum atomic E-state index is -0.0539. The molecule has 1 fully saturated rings. The summed E-state index contributed by atoms with van der Waals surface area (Å²) in [6.45, 7) is 9.69. The van der Waals surface area contributed by atoms with Crippen molar-refractivity contribution in [3.63, 3.8) is 0 Å². The Morgan fingerprint density at radius 3 is 2.23 bits per heavy atom. The van der Waals surface area contributed by atoms with Gasteiger partial charge in [-0.15, -0.1) is 0 Å². The number of urea groups is 1. The molecule has 6 nitrogen and oxygen atoms in total. The van der Waals surface area contributed by atoms with E-state index in [2.05, 4.69) is 38.3 Å². The second-order valence-electron chi connectivity index (χ2n) is 8.39. The lowest BCUT2D eigenvalue weighted by atomic mass is 9.80. The summed E-state index contributed by atoms with van der Waals surface area (Å²) in [7, 11) is 3.43. The average molecular weight is 364 g/mol. The molecule has 0 spiro atoms. The van der Waals surface area contributed by atoms with Gasteiger partial charge in [0.15, 0.2) is 0 Å². The first kappa shape index (κ1) is 20.4. The van der Waals surface area contributed by atoms with E-state index in [0.29, 0.717) is 13.2 Å². The van der Waals surface area contributed by atoms with Crippen molar-refractivity contribution in [1.29, 1.82) is 0 Å². The average Bonchev–Trinajstić information content (AvgIpc) is 2.52. The molecule has 0 aliphatic carbocycles. The number of methoxy groups -OCH3 is 1. The molecule has 0 saturated carbocycles. The number of likely N-dealkylation sites (N-methyl/N-ethyl adjacent to an activating group) is 1. The lowest BCUT2D eigenvalue weighted by molar-refractivity contribution is 0.139. The molecule has 1 heterocycles. The van der Waals surface area contributed by atoms with Crippen molar-refractivity contribution in [1.82, 2.24) is 15.5 Å². The smallest absolute Gasteiger partial charge is 0.317 e. The molecule has 1 saturated heterocycles. The minimum Gasteiger partial charge on any atom is -0.497 e. The molecule has 2 N–H and O–H groups in total. The van der Waals surface area contributed by atoms with Gasteiger partial charge < -0.3 is 25.0 Å². The fourth-order valence-electron chi connectivity index (χ4n) is 3.78. The van der Waals surface area contributed by atoms with Gasteiger partial charge in [-0.1, -0.05) is 0 Å². The first-order chi connectivity index (χ1) is 12.1. The van der Waals surface area contributed by atoms with Gasteiger partial charge in [-0.05, 0) is 64.8 Å². The lowest BCUT2D eigenvalue weighted by Gasteiger charge is -2.46. The van der Waals surface area contributed by atoms with E-state index in [0.717, 1.165) is 24.3 Å². The Morgan fingerprint density at radius 1 is 1.15 bits per heavy atom. The van der Waals surface area contributed by atoms with E-state index in [1.54, 1.807) is 19.1 Å². The number of nitrogens with zero attached hydrogens (tertiary/aromatic N) is 1. The second-order valence-corrected chi connectivity index (χ2v) is 8.39. The molecule has 1 aliphatic rings. The topological polar surface area (TPSA) is 62.8 Å². The van der Waals surface area contributed by atoms with Crippen molar-refractivity contribution in [2.24, 2.45) is 0 Å². The van der Waals surface area contributed by atoms with Crippen LogP contribution in [0.2, 0.25) is 0 Å². The molecule has 146 valence electrons. The molecule has 0 atom stereocenters. The van der Waals surface area contributed by atoms with Crippen molar-refractivity contribution in [3.8, 4) is 11.5 Å². The third kappa shape index (κ3) is 6.09. The molecule has 6 heteroatoms. The van der Waals surface area contributed by atoms with Gasteiger partial charge in [-0.25, -0.2) is 4.79 Å². The van der Waals surface area contributed by atoms with Gasteiger partial charge in [-0.3, -0.25) is 0 Å². The van der Waals surface area contributed by atoms with Gasteiger partial charge >= 0.3 is 6.03 Å². The van der Waals surface area contributed by atoms with E-state index in [4.69, 9.17) is 9.47 Å². The first-order valence-electron chi connectivity index (χ1n) is 9.18. The fraction of sp³-hybridized carbons (Fsp3) is 0.650. The molecule has 1 aromatic carbocycles. The van der Waals surface area contributed by atoms with Crippen LogP contribution >= 0.6 is 0 Å². The molecule has 26 heavy (non-hydrogen) atoms. The molecule has 1 aromatic rings. The Kier molecular flexibility index (Phi) is 6.39. The standard InChI is InChI=1S/C20H33N3O3/c1-19(2)13-15(14-20(3,4)22-19)21-18(24)23(5)11-12-26-17-9-7-16(25-6)8-10-17/h7-10,15,22H,11-14H2,1-6H3,(H,21,24). The number of ether oxygens (including phenoxy) is 2. The maximum atomic E-state index is 12.5. The highest BCUT2D eigenvalue weighted by Crippen LogP contribution is 2.28. The summed E-state index contributed by atoms with van der Waals surface area (Å²) < 4.78 is 10.8. The maximum Gasteiger partial charge on any atom is 0.317 e. The van der Waals surface area contributed by atoms with Crippen molar-refractivity contribution >= 4 is 6.03 Å². The number of amides is 2. The Labute approximate surface area is 157 Å². The van der Waals surface area contributed by atoms with Crippen LogP contribution in [0.5, 0.6) is 11.5 Å². The SMILES string of the molecule is COc1ccc(OCCN(C)C(=O)NC2CC(C)(C)NC(C)(C)C2)cc1. The molecule has 0 unspecified atom stereocenters. The number of benzene rings is 1. The number of carbonyl (C=O) groups excluding carboxylic acids is 1. The Bertz CT molecular complexity index is 583. The summed E-state index contributed by atoms with van der Waals surface area (Å²) in [5.41, 5.74) is 0.0193. The van der Waals surface area contributed by atoms with E-state index in [-0.39, 0.29) is 23.2 Å². The predicted molar refractivity (Wildman–Crippen MR) is 104 cm³/mol. The summed E-state index contributed by atoms with van der Waals surface area (Å²) in [6.07, 6.45) is 1.83. The number of rotatable bonds is 6. The summed E-state index contributed by atoms with van der Waals surface area (Å²) >= 11 is 0. The summed E-state index contributed by atoms with van der Waals surface area (Å²) in [4.78, 5) is 14.2. The van der Waals surface area contributed by atoms with Crippen LogP contribution in [0.4, 0.5) is 4.79 Å². The highest BCUT2D eigenvalue weighted by atomic mass is 16.5. The van der Waals surface area contributed by atoms with Crippen LogP contribution < -0.4 is 20.1 Å². The summed E-state index contributed by atoms with van der Waals surface area (Å²) in [5.74, 6) is 1.56. The van der Waals surface area contributed by atoms with Crippen LogP contribution in [-0.4, -0.2) is 55.4 Å². The van der Waals surface area contributed by atoms with E-state index < -0.39 is 0 Å². The van der Waals surface area contributed by atoms with Crippen LogP contribution in [0.1, 0.15) is 40.5 Å². The zero-order chi connectivity index (χ0) is 19.4. The Balaban J connectivity index is 1.78. The normalized spacial score (nSPS) is 18.8. The Hall–Kier alpha value is -1.95. The summed E-state index contributed by atoms with van der Waals surface area (Å²) in [6, 6.07) is 7.54. The zero-order valence-electron chi connectivity index (χ0n) is 16.9. The Morgan fingerprint density at radius 2 is 1.69 bits per heavy atom. The molecule has 0 radical (unpaired) electrons. The van der Waals surface area contributed by atoms with Crippen LogP contribution in [0.25, 0.3) is 0 Å². The third-order valence-electron chi connectivity index (χ3n) is 4.62. The van der Waals surface area contributed by atoms with Gasteiger partial charge in [0.2, 0.25) is 0 Å². The zero-order valence-corrected chi connectivity index (χ0v) is 16.9. The van der Waals surface area contributed by atoms with Gasteiger partial charge in [0, 0.05) is 24.2 Å². The molecular formula is C20H33N3O3. The van der Waals surface area contributed by atoms with Crippen molar-refractivity contribution in [3.05, 3.63) is 24.3 Å². The largest absolute Gasteiger partial charge is 0.497 e. The van der Waals surface area contributed by atoms with Crippen molar-refractivity contribution < 1.29 is 14.3 Å². The van der Waals surface area contributed by atoms with Crippen LogP contribution in [0, 0.1) is 0 Å². The van der Waals surface area contributed by atoms with Crippen LogP contribution in [0.15, 0.2) is 24.3 Å². The number of piperidine rings is 1. The molecule has 1 aliphatic heterocycles. The fourth-order valence-corrected chi connectivity index (χ4v) is 3.78. The van der Waals surface area contributed by atoms with Gasteiger partial charge in [-0.2, -0.15) is 0 Å². The highest BCUT2D eigenvalue weighted by Gasteiger charge is 2.38. The second kappa shape index (κ2) is 8.16. The third-order valence-corrected chi connectivity index (χ3v) is 4.62. The van der Waals surface area contributed by atoms with Gasteiger partial charge in [0.25, 0.3) is 0 Å². The number of carbonyl (C=O) groups is 1. The predicted octanol–water partition coefficient (Wildman–Crippen LogP) is 3.02. The monoisotopic (exact) mass is 363 g/mol. The first-order valence-corrected chi connectivity index (χ1v) is 9.18. The van der Waals surface area contributed by atoms with Gasteiger partial charge in [0.05, 0.1) is 13.7 Å². The minimum absolute atomic E-state index is 0.00967.